The van der Waals surface area contributed by atoms with E-state index in [1.165, 1.54) is 0 Å². The fourth-order valence-corrected chi connectivity index (χ4v) is 3.47. The summed E-state index contributed by atoms with van der Waals surface area (Å²) in [7, 11) is 0. The van der Waals surface area contributed by atoms with Crippen molar-refractivity contribution >= 4 is 11.8 Å². The van der Waals surface area contributed by atoms with Gasteiger partial charge in [-0.3, -0.25) is 9.59 Å². The van der Waals surface area contributed by atoms with Crippen molar-refractivity contribution < 1.29 is 14.3 Å². The first-order chi connectivity index (χ1) is 14.0. The highest BCUT2D eigenvalue weighted by atomic mass is 16.5. The third-order valence-corrected chi connectivity index (χ3v) is 4.94. The highest BCUT2D eigenvalue weighted by Gasteiger charge is 2.47. The molecule has 2 aromatic carbocycles. The van der Waals surface area contributed by atoms with Crippen LogP contribution in [0.15, 0.2) is 48.5 Å². The van der Waals surface area contributed by atoms with Crippen molar-refractivity contribution in [3.05, 3.63) is 70.8 Å². The Hall–Kier alpha value is -3.44. The Morgan fingerprint density at radius 1 is 0.897 bits per heavy atom. The number of rotatable bonds is 9. The summed E-state index contributed by atoms with van der Waals surface area (Å²) in [5.41, 5.74) is 0.563. The Morgan fingerprint density at radius 3 is 1.79 bits per heavy atom. The van der Waals surface area contributed by atoms with E-state index in [1.807, 2.05) is 6.92 Å². The molecule has 5 nitrogen and oxygen atoms in total. The van der Waals surface area contributed by atoms with Crippen LogP contribution < -0.4 is 0 Å². The summed E-state index contributed by atoms with van der Waals surface area (Å²) in [5, 5.41) is 19.0. The van der Waals surface area contributed by atoms with Crippen molar-refractivity contribution in [2.45, 2.75) is 39.5 Å². The van der Waals surface area contributed by atoms with Crippen molar-refractivity contribution in [3.63, 3.8) is 0 Å². The SMILES string of the molecule is CCCC(=O)C(Cc1ccccc1C#N)(Cc1ccccc1C#N)C(=O)OCC. The van der Waals surface area contributed by atoms with E-state index in [2.05, 4.69) is 12.1 Å². The van der Waals surface area contributed by atoms with Crippen LogP contribution in [0.3, 0.4) is 0 Å². The molecule has 0 saturated heterocycles. The lowest BCUT2D eigenvalue weighted by atomic mass is 9.71. The van der Waals surface area contributed by atoms with E-state index in [9.17, 15) is 20.1 Å². The predicted octanol–water partition coefficient (Wildman–Crippen LogP) is 4.13. The number of hydrogen-bond acceptors (Lipinski definition) is 5. The third-order valence-electron chi connectivity index (χ3n) is 4.94. The molecule has 148 valence electrons. The molecule has 0 aliphatic rings. The number of esters is 1. The number of carbonyl (C=O) groups is 2. The Bertz CT molecular complexity index is 887. The fraction of sp³-hybridized carbons (Fsp3) is 0.333. The van der Waals surface area contributed by atoms with Crippen LogP contribution in [0.5, 0.6) is 0 Å². The molecule has 5 heteroatoms. The third kappa shape index (κ3) is 4.89. The molecule has 0 aromatic heterocycles. The zero-order valence-electron chi connectivity index (χ0n) is 16.8. The molecule has 0 radical (unpaired) electrons. The lowest BCUT2D eigenvalue weighted by Crippen LogP contribution is -2.45. The van der Waals surface area contributed by atoms with Crippen LogP contribution in [-0.2, 0) is 27.2 Å². The largest absolute Gasteiger partial charge is 0.465 e. The molecule has 0 saturated carbocycles. The van der Waals surface area contributed by atoms with Gasteiger partial charge in [0.25, 0.3) is 0 Å². The summed E-state index contributed by atoms with van der Waals surface area (Å²) in [4.78, 5) is 26.5. The molecule has 29 heavy (non-hydrogen) atoms. The van der Waals surface area contributed by atoms with E-state index >= 15 is 0 Å². The fourth-order valence-electron chi connectivity index (χ4n) is 3.47. The lowest BCUT2D eigenvalue weighted by Gasteiger charge is -2.31. The van der Waals surface area contributed by atoms with Gasteiger partial charge in [-0.2, -0.15) is 10.5 Å². The van der Waals surface area contributed by atoms with E-state index in [-0.39, 0.29) is 31.7 Å². The van der Waals surface area contributed by atoms with Crippen molar-refractivity contribution in [3.8, 4) is 12.1 Å². The monoisotopic (exact) mass is 388 g/mol. The number of ketones is 1. The number of nitrogens with zero attached hydrogens (tertiary/aromatic N) is 2. The highest BCUT2D eigenvalue weighted by Crippen LogP contribution is 2.34. The van der Waals surface area contributed by atoms with Crippen LogP contribution >= 0.6 is 0 Å². The second kappa shape index (κ2) is 10.2. The van der Waals surface area contributed by atoms with Gasteiger partial charge in [0.15, 0.2) is 5.78 Å². The molecule has 0 amide bonds. The van der Waals surface area contributed by atoms with Gasteiger partial charge in [-0.05, 0) is 49.4 Å². The van der Waals surface area contributed by atoms with E-state index in [0.717, 1.165) is 0 Å². The number of benzene rings is 2. The molecule has 0 aliphatic heterocycles. The number of nitriles is 2. The number of carbonyl (C=O) groups excluding carboxylic acids is 2. The molecule has 0 aliphatic carbocycles. The van der Waals surface area contributed by atoms with Gasteiger partial charge in [-0.25, -0.2) is 0 Å². The Morgan fingerprint density at radius 2 is 1.38 bits per heavy atom. The van der Waals surface area contributed by atoms with Crippen LogP contribution in [0.25, 0.3) is 0 Å². The van der Waals surface area contributed by atoms with E-state index < -0.39 is 11.4 Å². The van der Waals surface area contributed by atoms with Gasteiger partial charge in [0.1, 0.15) is 5.41 Å². The summed E-state index contributed by atoms with van der Waals surface area (Å²) < 4.78 is 5.34. The highest BCUT2D eigenvalue weighted by molar-refractivity contribution is 6.04. The molecule has 0 N–H and O–H groups in total. The number of ether oxygens (including phenoxy) is 1. The Balaban J connectivity index is 2.65. The van der Waals surface area contributed by atoms with Crippen LogP contribution in [0, 0.1) is 28.1 Å². The van der Waals surface area contributed by atoms with Crippen LogP contribution in [0.2, 0.25) is 0 Å². The summed E-state index contributed by atoms with van der Waals surface area (Å²) in [6, 6.07) is 18.1. The minimum atomic E-state index is -1.49. The molecule has 2 rings (SSSR count). The van der Waals surface area contributed by atoms with E-state index in [4.69, 9.17) is 4.74 Å². The molecule has 0 heterocycles. The number of hydrogen-bond donors (Lipinski definition) is 0. The molecule has 0 spiro atoms. The summed E-state index contributed by atoms with van der Waals surface area (Å²) in [6.45, 7) is 3.71. The lowest BCUT2D eigenvalue weighted by molar-refractivity contribution is -0.160. The van der Waals surface area contributed by atoms with Gasteiger partial charge in [0, 0.05) is 6.42 Å². The average molecular weight is 388 g/mol. The zero-order valence-corrected chi connectivity index (χ0v) is 16.8. The smallest absolute Gasteiger partial charge is 0.320 e. The van der Waals surface area contributed by atoms with Gasteiger partial charge < -0.3 is 4.74 Å². The molecule has 0 atom stereocenters. The van der Waals surface area contributed by atoms with Crippen molar-refractivity contribution in [1.29, 1.82) is 10.5 Å². The average Bonchev–Trinajstić information content (AvgIpc) is 2.74. The minimum Gasteiger partial charge on any atom is -0.465 e. The first-order valence-electron chi connectivity index (χ1n) is 9.68. The normalized spacial score (nSPS) is 10.6. The first kappa shape index (κ1) is 21.9. The zero-order chi connectivity index (χ0) is 21.3. The Labute approximate surface area is 171 Å². The summed E-state index contributed by atoms with van der Waals surface area (Å²) >= 11 is 0. The van der Waals surface area contributed by atoms with Crippen LogP contribution in [0.1, 0.15) is 48.9 Å². The van der Waals surface area contributed by atoms with Crippen molar-refractivity contribution in [1.82, 2.24) is 0 Å². The maximum Gasteiger partial charge on any atom is 0.320 e. The summed E-state index contributed by atoms with van der Waals surface area (Å²) in [6.07, 6.45) is 0.893. The van der Waals surface area contributed by atoms with Gasteiger partial charge in [-0.1, -0.05) is 43.3 Å². The Kier molecular flexibility index (Phi) is 7.69. The summed E-state index contributed by atoms with van der Waals surface area (Å²) in [5.74, 6) is -0.849. The molecular weight excluding hydrogens is 364 g/mol. The molecule has 2 aromatic rings. The van der Waals surface area contributed by atoms with Crippen molar-refractivity contribution in [2.24, 2.45) is 5.41 Å². The van der Waals surface area contributed by atoms with Crippen LogP contribution in [-0.4, -0.2) is 18.4 Å². The van der Waals surface area contributed by atoms with E-state index in [0.29, 0.717) is 28.7 Å². The van der Waals surface area contributed by atoms with Gasteiger partial charge in [-0.15, -0.1) is 0 Å². The second-order valence-corrected chi connectivity index (χ2v) is 6.87. The quantitative estimate of drug-likeness (QED) is 0.476. The predicted molar refractivity (Wildman–Crippen MR) is 109 cm³/mol. The number of Topliss-reactive ketones (excluding diaryl/α,β-unsaturated/α-hetero) is 1. The molecule has 0 bridgehead atoms. The second-order valence-electron chi connectivity index (χ2n) is 6.87. The molecular formula is C24H24N2O3. The standard InChI is InChI=1S/C24H24N2O3/c1-3-9-22(27)24(23(28)29-4-2,14-18-10-5-7-12-20(18)16-25)15-19-11-6-8-13-21(19)17-26/h5-8,10-13H,3-4,9,14-15H2,1-2H3. The van der Waals surface area contributed by atoms with Gasteiger partial charge in [0.05, 0.1) is 29.9 Å². The van der Waals surface area contributed by atoms with Gasteiger partial charge >= 0.3 is 5.97 Å². The van der Waals surface area contributed by atoms with E-state index in [1.54, 1.807) is 55.5 Å². The van der Waals surface area contributed by atoms with Gasteiger partial charge in [0.2, 0.25) is 0 Å². The molecule has 0 fully saturated rings. The maximum atomic E-state index is 13.3. The first-order valence-corrected chi connectivity index (χ1v) is 9.68. The minimum absolute atomic E-state index is 0.0498. The van der Waals surface area contributed by atoms with Crippen LogP contribution in [0.4, 0.5) is 0 Å². The topological polar surface area (TPSA) is 91.0 Å². The maximum absolute atomic E-state index is 13.3. The molecule has 0 unspecified atom stereocenters. The van der Waals surface area contributed by atoms with Crippen molar-refractivity contribution in [2.75, 3.05) is 6.61 Å².